The molecule has 4 rings (SSSR count). The lowest BCUT2D eigenvalue weighted by atomic mass is 10.0. The Bertz CT molecular complexity index is 1320. The van der Waals surface area contributed by atoms with Crippen LogP contribution in [0.3, 0.4) is 0 Å². The van der Waals surface area contributed by atoms with Gasteiger partial charge in [0.2, 0.25) is 0 Å². The highest BCUT2D eigenvalue weighted by Gasteiger charge is 2.33. The standard InChI is InChI=1S/C22H21F2N5O3S/c1-12-18(20(31)26-22(3,11-30)21-28-27-13(2)33-21)29-9-5-8-17(19(29)25-12)32-10-14-15(23)6-4-7-16(14)24/h4-9,30H,10-11H2,1-3H3,(H,26,31). The van der Waals surface area contributed by atoms with Crippen LogP contribution in [-0.4, -0.2) is 37.2 Å². The highest BCUT2D eigenvalue weighted by Crippen LogP contribution is 2.27. The van der Waals surface area contributed by atoms with E-state index in [2.05, 4.69) is 20.5 Å². The van der Waals surface area contributed by atoms with Crippen LogP contribution < -0.4 is 10.1 Å². The highest BCUT2D eigenvalue weighted by atomic mass is 32.1. The van der Waals surface area contributed by atoms with Crippen molar-refractivity contribution < 1.29 is 23.4 Å². The van der Waals surface area contributed by atoms with Gasteiger partial charge in [-0.25, -0.2) is 13.8 Å². The van der Waals surface area contributed by atoms with Crippen molar-refractivity contribution in [2.45, 2.75) is 32.9 Å². The number of carbonyl (C=O) groups is 1. The number of hydrogen-bond acceptors (Lipinski definition) is 7. The van der Waals surface area contributed by atoms with Gasteiger partial charge in [-0.1, -0.05) is 17.4 Å². The molecule has 33 heavy (non-hydrogen) atoms. The molecule has 0 aliphatic heterocycles. The molecule has 8 nitrogen and oxygen atoms in total. The SMILES string of the molecule is Cc1nnc(C(C)(CO)NC(=O)c2c(C)nc3c(OCc4c(F)cccc4F)cccn23)s1. The first-order chi connectivity index (χ1) is 15.7. The van der Waals surface area contributed by atoms with Gasteiger partial charge in [0.05, 0.1) is 17.9 Å². The van der Waals surface area contributed by atoms with Gasteiger partial charge in [-0.3, -0.25) is 9.20 Å². The van der Waals surface area contributed by atoms with Gasteiger partial charge >= 0.3 is 0 Å². The Kier molecular flexibility index (Phi) is 6.09. The molecule has 3 aromatic heterocycles. The third-order valence-electron chi connectivity index (χ3n) is 5.14. The maximum absolute atomic E-state index is 14.0. The van der Waals surface area contributed by atoms with E-state index in [4.69, 9.17) is 4.74 Å². The largest absolute Gasteiger partial charge is 0.485 e. The van der Waals surface area contributed by atoms with Crippen molar-refractivity contribution in [2.24, 2.45) is 0 Å². The molecule has 2 N–H and O–H groups in total. The summed E-state index contributed by atoms with van der Waals surface area (Å²) >= 11 is 1.27. The zero-order chi connectivity index (χ0) is 23.8. The number of ether oxygens (including phenoxy) is 1. The highest BCUT2D eigenvalue weighted by molar-refractivity contribution is 7.11. The van der Waals surface area contributed by atoms with Crippen LogP contribution in [0.2, 0.25) is 0 Å². The summed E-state index contributed by atoms with van der Waals surface area (Å²) < 4.78 is 35.1. The van der Waals surface area contributed by atoms with Gasteiger partial charge in [-0.05, 0) is 45.0 Å². The summed E-state index contributed by atoms with van der Waals surface area (Å²) in [6.45, 7) is 4.37. The minimum atomic E-state index is -1.14. The fourth-order valence-electron chi connectivity index (χ4n) is 3.35. The first-order valence-electron chi connectivity index (χ1n) is 10.0. The average molecular weight is 474 g/mol. The zero-order valence-electron chi connectivity index (χ0n) is 18.1. The van der Waals surface area contributed by atoms with Crippen molar-refractivity contribution in [2.75, 3.05) is 6.61 Å². The molecule has 1 amide bonds. The van der Waals surface area contributed by atoms with Crippen molar-refractivity contribution in [1.29, 1.82) is 0 Å². The fourth-order valence-corrected chi connectivity index (χ4v) is 4.14. The third-order valence-corrected chi connectivity index (χ3v) is 6.24. The van der Waals surface area contributed by atoms with E-state index in [1.165, 1.54) is 21.8 Å². The molecule has 4 aromatic rings. The van der Waals surface area contributed by atoms with Crippen LogP contribution in [-0.2, 0) is 12.1 Å². The Balaban J connectivity index is 1.64. The number of halogens is 2. The first kappa shape index (κ1) is 22.7. The van der Waals surface area contributed by atoms with E-state index < -0.39 is 23.1 Å². The lowest BCUT2D eigenvalue weighted by Gasteiger charge is -2.25. The maximum Gasteiger partial charge on any atom is 0.271 e. The lowest BCUT2D eigenvalue weighted by Crippen LogP contribution is -2.46. The third kappa shape index (κ3) is 4.29. The summed E-state index contributed by atoms with van der Waals surface area (Å²) in [5, 5.41) is 22.0. The second kappa shape index (κ2) is 8.83. The molecule has 11 heteroatoms. The van der Waals surface area contributed by atoms with E-state index in [1.54, 1.807) is 39.1 Å². The number of carbonyl (C=O) groups excluding carboxylic acids is 1. The number of rotatable bonds is 7. The van der Waals surface area contributed by atoms with E-state index in [9.17, 15) is 18.7 Å². The number of pyridine rings is 1. The fraction of sp³-hybridized carbons (Fsp3) is 0.273. The Labute approximate surface area is 191 Å². The van der Waals surface area contributed by atoms with Crippen LogP contribution in [0, 0.1) is 25.5 Å². The van der Waals surface area contributed by atoms with Gasteiger partial charge in [-0.2, -0.15) is 0 Å². The van der Waals surface area contributed by atoms with Gasteiger partial charge in [0, 0.05) is 6.20 Å². The van der Waals surface area contributed by atoms with Crippen LogP contribution in [0.4, 0.5) is 8.78 Å². The maximum atomic E-state index is 14.0. The molecule has 0 radical (unpaired) electrons. The molecule has 0 saturated heterocycles. The Morgan fingerprint density at radius 2 is 1.94 bits per heavy atom. The summed E-state index contributed by atoms with van der Waals surface area (Å²) in [5.74, 6) is -1.65. The van der Waals surface area contributed by atoms with E-state index >= 15 is 0 Å². The monoisotopic (exact) mass is 473 g/mol. The summed E-state index contributed by atoms with van der Waals surface area (Å²) in [5.41, 5.74) is -0.389. The number of aliphatic hydroxyl groups is 1. The smallest absolute Gasteiger partial charge is 0.271 e. The average Bonchev–Trinajstić information content (AvgIpc) is 3.36. The number of fused-ring (bicyclic) bond motifs is 1. The summed E-state index contributed by atoms with van der Waals surface area (Å²) in [7, 11) is 0. The Morgan fingerprint density at radius 3 is 2.58 bits per heavy atom. The molecule has 0 aliphatic rings. The molecule has 0 spiro atoms. The van der Waals surface area contributed by atoms with Crippen LogP contribution in [0.1, 0.15) is 38.7 Å². The normalized spacial score (nSPS) is 13.2. The molecule has 1 aromatic carbocycles. The summed E-state index contributed by atoms with van der Waals surface area (Å²) in [6, 6.07) is 6.83. The van der Waals surface area contributed by atoms with Gasteiger partial charge in [0.25, 0.3) is 5.91 Å². The first-order valence-corrected chi connectivity index (χ1v) is 10.8. The van der Waals surface area contributed by atoms with E-state index in [-0.39, 0.29) is 30.2 Å². The predicted molar refractivity (Wildman–Crippen MR) is 117 cm³/mol. The van der Waals surface area contributed by atoms with Crippen LogP contribution in [0.15, 0.2) is 36.5 Å². The van der Waals surface area contributed by atoms with Crippen molar-refractivity contribution >= 4 is 22.9 Å². The molecule has 172 valence electrons. The molecular formula is C22H21F2N5O3S. The molecule has 0 bridgehead atoms. The van der Waals surface area contributed by atoms with Crippen molar-refractivity contribution in [3.8, 4) is 5.75 Å². The van der Waals surface area contributed by atoms with Crippen LogP contribution >= 0.6 is 11.3 Å². The van der Waals surface area contributed by atoms with Crippen LogP contribution in [0.5, 0.6) is 5.75 Å². The number of nitrogens with zero attached hydrogens (tertiary/aromatic N) is 4. The zero-order valence-corrected chi connectivity index (χ0v) is 18.9. The topological polar surface area (TPSA) is 102 Å². The van der Waals surface area contributed by atoms with Crippen LogP contribution in [0.25, 0.3) is 5.65 Å². The second-order valence-electron chi connectivity index (χ2n) is 7.67. The number of aryl methyl sites for hydroxylation is 2. The molecule has 3 heterocycles. The van der Waals surface area contributed by atoms with Crippen molar-refractivity contribution in [1.82, 2.24) is 24.9 Å². The summed E-state index contributed by atoms with van der Waals surface area (Å²) in [6.07, 6.45) is 1.63. The van der Waals surface area contributed by atoms with Gasteiger partial charge in [-0.15, -0.1) is 10.2 Å². The Hall–Kier alpha value is -3.44. The van der Waals surface area contributed by atoms with E-state index in [1.807, 2.05) is 0 Å². The quantitative estimate of drug-likeness (QED) is 0.427. The molecule has 1 atom stereocenters. The number of hydrogen-bond donors (Lipinski definition) is 2. The molecule has 0 saturated carbocycles. The number of amides is 1. The van der Waals surface area contributed by atoms with E-state index in [0.29, 0.717) is 21.4 Å². The molecular weight excluding hydrogens is 452 g/mol. The Morgan fingerprint density at radius 1 is 1.21 bits per heavy atom. The lowest BCUT2D eigenvalue weighted by molar-refractivity contribution is 0.0842. The minimum absolute atomic E-state index is 0.202. The van der Waals surface area contributed by atoms with Gasteiger partial charge < -0.3 is 15.2 Å². The summed E-state index contributed by atoms with van der Waals surface area (Å²) in [4.78, 5) is 17.6. The van der Waals surface area contributed by atoms with Crippen molar-refractivity contribution in [3.63, 3.8) is 0 Å². The molecule has 0 fully saturated rings. The number of imidazole rings is 1. The number of aromatic nitrogens is 4. The number of aliphatic hydroxyl groups excluding tert-OH is 1. The second-order valence-corrected chi connectivity index (χ2v) is 8.85. The van der Waals surface area contributed by atoms with Gasteiger partial charge in [0.15, 0.2) is 11.4 Å². The number of nitrogens with one attached hydrogen (secondary N) is 1. The van der Waals surface area contributed by atoms with E-state index in [0.717, 1.165) is 12.1 Å². The molecule has 1 unspecified atom stereocenters. The minimum Gasteiger partial charge on any atom is -0.485 e. The van der Waals surface area contributed by atoms with Gasteiger partial charge in [0.1, 0.15) is 39.5 Å². The predicted octanol–water partition coefficient (Wildman–Crippen LogP) is 3.30. The molecule has 0 aliphatic carbocycles. The number of benzene rings is 1. The van der Waals surface area contributed by atoms with Crippen molar-refractivity contribution in [3.05, 3.63) is 75.1 Å².